The highest BCUT2D eigenvalue weighted by atomic mass is 32.2. The number of benzene rings is 1. The summed E-state index contributed by atoms with van der Waals surface area (Å²) in [5.41, 5.74) is 6.65. The molecule has 0 atom stereocenters. The summed E-state index contributed by atoms with van der Waals surface area (Å²) in [7, 11) is 0. The summed E-state index contributed by atoms with van der Waals surface area (Å²) in [6, 6.07) is 8.14. The van der Waals surface area contributed by atoms with Gasteiger partial charge >= 0.3 is 0 Å². The highest BCUT2D eigenvalue weighted by Gasteiger charge is 2.00. The normalized spacial score (nSPS) is 10.1. The molecule has 0 unspecified atom stereocenters. The first-order valence-electron chi connectivity index (χ1n) is 5.44. The van der Waals surface area contributed by atoms with Gasteiger partial charge < -0.3 is 11.1 Å². The Bertz CT molecular complexity index is 324. The molecule has 0 aliphatic rings. The number of nitrogens with one attached hydrogen (secondary N) is 1. The standard InChI is InChI=1S/C12H18N2OS/c1-2-14-12(15)7-8-16-11-5-3-10(9-13)4-6-11/h3-6H,2,7-9,13H2,1H3,(H,14,15). The molecule has 16 heavy (non-hydrogen) atoms. The van der Waals surface area contributed by atoms with Crippen LogP contribution in [0.4, 0.5) is 0 Å². The zero-order valence-electron chi connectivity index (χ0n) is 9.53. The van der Waals surface area contributed by atoms with Crippen molar-refractivity contribution in [1.82, 2.24) is 5.32 Å². The Morgan fingerprint density at radius 1 is 1.38 bits per heavy atom. The fraction of sp³-hybridized carbons (Fsp3) is 0.417. The number of carbonyl (C=O) groups is 1. The average molecular weight is 238 g/mol. The summed E-state index contributed by atoms with van der Waals surface area (Å²) in [6.07, 6.45) is 0.567. The Morgan fingerprint density at radius 3 is 2.62 bits per heavy atom. The maximum atomic E-state index is 11.2. The maximum absolute atomic E-state index is 11.2. The zero-order chi connectivity index (χ0) is 11.8. The third kappa shape index (κ3) is 4.68. The van der Waals surface area contributed by atoms with Gasteiger partial charge in [0, 0.05) is 30.2 Å². The smallest absolute Gasteiger partial charge is 0.220 e. The van der Waals surface area contributed by atoms with Gasteiger partial charge in [0.05, 0.1) is 0 Å². The number of hydrogen-bond acceptors (Lipinski definition) is 3. The maximum Gasteiger partial charge on any atom is 0.220 e. The SMILES string of the molecule is CCNC(=O)CCSc1ccc(CN)cc1. The Labute approximate surface area is 101 Å². The first kappa shape index (κ1) is 13.1. The molecule has 3 N–H and O–H groups in total. The van der Waals surface area contributed by atoms with Crippen molar-refractivity contribution in [3.63, 3.8) is 0 Å². The van der Waals surface area contributed by atoms with Gasteiger partial charge in [-0.25, -0.2) is 0 Å². The molecule has 1 amide bonds. The average Bonchev–Trinajstić information content (AvgIpc) is 2.30. The van der Waals surface area contributed by atoms with Crippen LogP contribution in [-0.4, -0.2) is 18.2 Å². The molecule has 88 valence electrons. The number of hydrogen-bond donors (Lipinski definition) is 2. The summed E-state index contributed by atoms with van der Waals surface area (Å²) < 4.78 is 0. The summed E-state index contributed by atoms with van der Waals surface area (Å²) in [4.78, 5) is 12.4. The van der Waals surface area contributed by atoms with E-state index in [0.29, 0.717) is 19.5 Å². The van der Waals surface area contributed by atoms with E-state index in [9.17, 15) is 4.79 Å². The van der Waals surface area contributed by atoms with E-state index >= 15 is 0 Å². The fourth-order valence-corrected chi connectivity index (χ4v) is 2.12. The van der Waals surface area contributed by atoms with Gasteiger partial charge in [-0.3, -0.25) is 4.79 Å². The number of nitrogens with two attached hydrogens (primary N) is 1. The van der Waals surface area contributed by atoms with Crippen molar-refractivity contribution >= 4 is 17.7 Å². The monoisotopic (exact) mass is 238 g/mol. The summed E-state index contributed by atoms with van der Waals surface area (Å²) in [5.74, 6) is 0.932. The van der Waals surface area contributed by atoms with Crippen LogP contribution in [0.25, 0.3) is 0 Å². The molecule has 0 radical (unpaired) electrons. The van der Waals surface area contributed by atoms with Crippen molar-refractivity contribution in [1.29, 1.82) is 0 Å². The first-order chi connectivity index (χ1) is 7.76. The number of thioether (sulfide) groups is 1. The van der Waals surface area contributed by atoms with Crippen LogP contribution >= 0.6 is 11.8 Å². The summed E-state index contributed by atoms with van der Waals surface area (Å²) >= 11 is 1.69. The third-order valence-electron chi connectivity index (χ3n) is 2.13. The van der Waals surface area contributed by atoms with Gasteiger partial charge in [0.25, 0.3) is 0 Å². The second kappa shape index (κ2) is 7.30. The van der Waals surface area contributed by atoms with Gasteiger partial charge in [-0.15, -0.1) is 11.8 Å². The minimum atomic E-state index is 0.119. The lowest BCUT2D eigenvalue weighted by atomic mass is 10.2. The van der Waals surface area contributed by atoms with E-state index in [0.717, 1.165) is 11.3 Å². The molecule has 0 aromatic heterocycles. The van der Waals surface area contributed by atoms with Crippen LogP contribution in [0.2, 0.25) is 0 Å². The minimum absolute atomic E-state index is 0.119. The molecule has 1 rings (SSSR count). The zero-order valence-corrected chi connectivity index (χ0v) is 10.3. The molecular formula is C12H18N2OS. The lowest BCUT2D eigenvalue weighted by Crippen LogP contribution is -2.22. The number of rotatable bonds is 6. The molecule has 0 spiro atoms. The van der Waals surface area contributed by atoms with Crippen LogP contribution in [0.15, 0.2) is 29.2 Å². The lowest BCUT2D eigenvalue weighted by molar-refractivity contribution is -0.120. The van der Waals surface area contributed by atoms with Gasteiger partial charge in [0.2, 0.25) is 5.91 Å². The number of amides is 1. The Kier molecular flexibility index (Phi) is 5.96. The Hall–Kier alpha value is -1.00. The highest BCUT2D eigenvalue weighted by molar-refractivity contribution is 7.99. The molecule has 0 aliphatic carbocycles. The molecule has 0 heterocycles. The third-order valence-corrected chi connectivity index (χ3v) is 3.14. The van der Waals surface area contributed by atoms with E-state index in [1.807, 2.05) is 31.2 Å². The Balaban J connectivity index is 2.29. The molecule has 0 saturated heterocycles. The van der Waals surface area contributed by atoms with E-state index in [1.54, 1.807) is 11.8 Å². The van der Waals surface area contributed by atoms with Crippen LogP contribution in [0.3, 0.4) is 0 Å². The van der Waals surface area contributed by atoms with E-state index in [4.69, 9.17) is 5.73 Å². The topological polar surface area (TPSA) is 55.1 Å². The molecule has 0 saturated carbocycles. The van der Waals surface area contributed by atoms with Crippen LogP contribution < -0.4 is 11.1 Å². The molecule has 0 fully saturated rings. The number of carbonyl (C=O) groups excluding carboxylic acids is 1. The molecule has 0 bridgehead atoms. The van der Waals surface area contributed by atoms with E-state index < -0.39 is 0 Å². The van der Waals surface area contributed by atoms with Gasteiger partial charge in [-0.05, 0) is 24.6 Å². The second-order valence-electron chi connectivity index (χ2n) is 3.40. The van der Waals surface area contributed by atoms with Gasteiger partial charge in [0.15, 0.2) is 0 Å². The van der Waals surface area contributed by atoms with Crippen LogP contribution in [-0.2, 0) is 11.3 Å². The van der Waals surface area contributed by atoms with Crippen LogP contribution in [0, 0.1) is 0 Å². The van der Waals surface area contributed by atoms with Crippen molar-refractivity contribution < 1.29 is 4.79 Å². The van der Waals surface area contributed by atoms with E-state index in [2.05, 4.69) is 5.32 Å². The van der Waals surface area contributed by atoms with Crippen molar-refractivity contribution in [2.75, 3.05) is 12.3 Å². The molecule has 4 heteroatoms. The molecule has 1 aromatic rings. The predicted octanol–water partition coefficient (Wildman–Crippen LogP) is 1.76. The largest absolute Gasteiger partial charge is 0.356 e. The van der Waals surface area contributed by atoms with Crippen molar-refractivity contribution in [3.8, 4) is 0 Å². The second-order valence-corrected chi connectivity index (χ2v) is 4.57. The molecule has 1 aromatic carbocycles. The van der Waals surface area contributed by atoms with E-state index in [1.165, 1.54) is 4.90 Å². The highest BCUT2D eigenvalue weighted by Crippen LogP contribution is 2.18. The van der Waals surface area contributed by atoms with Crippen molar-refractivity contribution in [2.45, 2.75) is 24.8 Å². The first-order valence-corrected chi connectivity index (χ1v) is 6.43. The quantitative estimate of drug-likeness (QED) is 0.743. The van der Waals surface area contributed by atoms with Gasteiger partial charge in [-0.1, -0.05) is 12.1 Å². The van der Waals surface area contributed by atoms with Crippen molar-refractivity contribution in [3.05, 3.63) is 29.8 Å². The summed E-state index contributed by atoms with van der Waals surface area (Å²) in [6.45, 7) is 3.20. The summed E-state index contributed by atoms with van der Waals surface area (Å²) in [5, 5.41) is 2.78. The fourth-order valence-electron chi connectivity index (χ4n) is 1.27. The van der Waals surface area contributed by atoms with E-state index in [-0.39, 0.29) is 5.91 Å². The predicted molar refractivity (Wildman–Crippen MR) is 68.4 cm³/mol. The molecular weight excluding hydrogens is 220 g/mol. The van der Waals surface area contributed by atoms with Crippen LogP contribution in [0.1, 0.15) is 18.9 Å². The Morgan fingerprint density at radius 2 is 2.06 bits per heavy atom. The molecule has 0 aliphatic heterocycles. The van der Waals surface area contributed by atoms with Gasteiger partial charge in [0.1, 0.15) is 0 Å². The van der Waals surface area contributed by atoms with Crippen LogP contribution in [0.5, 0.6) is 0 Å². The van der Waals surface area contributed by atoms with Crippen molar-refractivity contribution in [2.24, 2.45) is 5.73 Å². The lowest BCUT2D eigenvalue weighted by Gasteiger charge is -2.03. The minimum Gasteiger partial charge on any atom is -0.356 e. The van der Waals surface area contributed by atoms with Gasteiger partial charge in [-0.2, -0.15) is 0 Å². The molecule has 3 nitrogen and oxygen atoms in total.